The van der Waals surface area contributed by atoms with Crippen molar-refractivity contribution in [3.8, 4) is 0 Å². The lowest BCUT2D eigenvalue weighted by Crippen LogP contribution is -2.38. The lowest BCUT2D eigenvalue weighted by molar-refractivity contribution is 0.0341. The minimum Gasteiger partial charge on any atom is -0.379 e. The molecule has 1 aliphatic heterocycles. The van der Waals surface area contributed by atoms with Gasteiger partial charge in [-0.3, -0.25) is 9.89 Å². The van der Waals surface area contributed by atoms with E-state index in [4.69, 9.17) is 4.74 Å². The van der Waals surface area contributed by atoms with E-state index < -0.39 is 0 Å². The van der Waals surface area contributed by atoms with E-state index in [1.54, 1.807) is 19.2 Å². The van der Waals surface area contributed by atoms with Crippen LogP contribution in [0.1, 0.15) is 16.7 Å². The van der Waals surface area contributed by atoms with Crippen LogP contribution in [0.3, 0.4) is 0 Å². The van der Waals surface area contributed by atoms with Crippen molar-refractivity contribution in [3.63, 3.8) is 0 Å². The molecule has 3 aromatic rings. The highest BCUT2D eigenvalue weighted by Crippen LogP contribution is 2.19. The van der Waals surface area contributed by atoms with E-state index in [9.17, 15) is 4.39 Å². The van der Waals surface area contributed by atoms with Crippen LogP contribution < -0.4 is 10.6 Å². The van der Waals surface area contributed by atoms with Gasteiger partial charge in [0.15, 0.2) is 5.96 Å². The van der Waals surface area contributed by atoms with E-state index in [0.717, 1.165) is 61.7 Å². The fourth-order valence-corrected chi connectivity index (χ4v) is 3.96. The highest BCUT2D eigenvalue weighted by Gasteiger charge is 2.13. The van der Waals surface area contributed by atoms with Crippen molar-refractivity contribution in [1.29, 1.82) is 0 Å². The second-order valence-electron chi connectivity index (χ2n) is 7.76. The van der Waals surface area contributed by atoms with Crippen LogP contribution in [0.15, 0.2) is 53.7 Å². The zero-order valence-corrected chi connectivity index (χ0v) is 20.7. The maximum Gasteiger partial charge on any atom is 0.191 e. The summed E-state index contributed by atoms with van der Waals surface area (Å²) in [5, 5.41) is 7.71. The van der Waals surface area contributed by atoms with E-state index in [1.165, 1.54) is 17.2 Å². The number of aliphatic imine (C=N–C) groups is 1. The maximum absolute atomic E-state index is 13.6. The number of morpholine rings is 1. The monoisotopic (exact) mass is 551 g/mol. The summed E-state index contributed by atoms with van der Waals surface area (Å²) >= 11 is 0. The first-order valence-electron chi connectivity index (χ1n) is 10.8. The number of hydrogen-bond acceptors (Lipinski definition) is 3. The molecule has 0 bridgehead atoms. The normalized spacial score (nSPS) is 14.9. The quantitative estimate of drug-likeness (QED) is 0.238. The number of aromatic nitrogens is 1. The summed E-state index contributed by atoms with van der Waals surface area (Å²) in [6.45, 7) is 5.91. The number of nitrogens with one attached hydrogen (secondary N) is 3. The molecule has 0 spiro atoms. The van der Waals surface area contributed by atoms with E-state index in [-0.39, 0.29) is 29.8 Å². The van der Waals surface area contributed by atoms with Crippen molar-refractivity contribution in [1.82, 2.24) is 20.5 Å². The summed E-state index contributed by atoms with van der Waals surface area (Å²) in [7, 11) is 1.77. The maximum atomic E-state index is 13.6. The highest BCUT2D eigenvalue weighted by molar-refractivity contribution is 14.0. The third kappa shape index (κ3) is 6.43. The topological polar surface area (TPSA) is 64.7 Å². The van der Waals surface area contributed by atoms with E-state index in [1.807, 2.05) is 6.20 Å². The molecule has 0 saturated carbocycles. The van der Waals surface area contributed by atoms with E-state index in [0.29, 0.717) is 13.1 Å². The van der Waals surface area contributed by atoms with Gasteiger partial charge >= 0.3 is 0 Å². The van der Waals surface area contributed by atoms with Crippen molar-refractivity contribution in [2.75, 3.05) is 39.9 Å². The number of H-pyrrole nitrogens is 1. The third-order valence-electron chi connectivity index (χ3n) is 5.70. The second kappa shape index (κ2) is 12.2. The fourth-order valence-electron chi connectivity index (χ4n) is 3.96. The number of halogens is 2. The molecule has 0 atom stereocenters. The Morgan fingerprint density at radius 2 is 1.88 bits per heavy atom. The second-order valence-corrected chi connectivity index (χ2v) is 7.76. The molecule has 1 fully saturated rings. The first-order valence-corrected chi connectivity index (χ1v) is 10.8. The predicted molar refractivity (Wildman–Crippen MR) is 138 cm³/mol. The van der Waals surface area contributed by atoms with E-state index >= 15 is 0 Å². The zero-order chi connectivity index (χ0) is 21.5. The Morgan fingerprint density at radius 3 is 2.66 bits per heavy atom. The zero-order valence-electron chi connectivity index (χ0n) is 18.4. The summed E-state index contributed by atoms with van der Waals surface area (Å²) in [4.78, 5) is 9.98. The van der Waals surface area contributed by atoms with Gasteiger partial charge in [0.2, 0.25) is 0 Å². The molecule has 0 aliphatic carbocycles. The molecule has 172 valence electrons. The minimum absolute atomic E-state index is 0. The van der Waals surface area contributed by atoms with Gasteiger partial charge in [-0.05, 0) is 41.3 Å². The summed E-state index contributed by atoms with van der Waals surface area (Å²) in [6.07, 6.45) is 2.72. The molecule has 0 amide bonds. The van der Waals surface area contributed by atoms with Gasteiger partial charge in [0.05, 0.1) is 13.2 Å². The Labute approximate surface area is 205 Å². The molecule has 0 unspecified atom stereocenters. The number of nitrogens with zero attached hydrogens (tertiary/aromatic N) is 2. The molecule has 2 aromatic carbocycles. The Balaban J connectivity index is 0.00000289. The van der Waals surface area contributed by atoms with Gasteiger partial charge in [-0.25, -0.2) is 4.39 Å². The summed E-state index contributed by atoms with van der Waals surface area (Å²) in [5.74, 6) is 0.543. The number of hydrogen-bond donors (Lipinski definition) is 3. The summed E-state index contributed by atoms with van der Waals surface area (Å²) in [6, 6.07) is 13.4. The first-order chi connectivity index (χ1) is 15.2. The van der Waals surface area contributed by atoms with Gasteiger partial charge in [-0.1, -0.05) is 24.3 Å². The standard InChI is InChI=1S/C24H30FN5O.HI/c1-26-24(27-9-8-19-16-28-23-7-6-21(25)14-22(19)23)29-15-18-4-2-3-5-20(18)17-30-10-12-31-13-11-30;/h2-7,14,16,28H,8-13,15,17H2,1H3,(H2,26,27,29);1H. The molecule has 8 heteroatoms. The van der Waals surface area contributed by atoms with Crippen LogP contribution in [-0.2, 0) is 24.2 Å². The van der Waals surface area contributed by atoms with Crippen LogP contribution in [-0.4, -0.2) is 55.7 Å². The van der Waals surface area contributed by atoms with Crippen molar-refractivity contribution in [2.45, 2.75) is 19.5 Å². The van der Waals surface area contributed by atoms with Crippen LogP contribution in [0, 0.1) is 5.82 Å². The molecule has 32 heavy (non-hydrogen) atoms. The van der Waals surface area contributed by atoms with Gasteiger partial charge in [-0.2, -0.15) is 0 Å². The molecule has 2 heterocycles. The van der Waals surface area contributed by atoms with Crippen molar-refractivity contribution in [2.24, 2.45) is 4.99 Å². The Morgan fingerprint density at radius 1 is 1.09 bits per heavy atom. The Kier molecular flexibility index (Phi) is 9.31. The van der Waals surface area contributed by atoms with E-state index in [2.05, 4.69) is 49.8 Å². The van der Waals surface area contributed by atoms with Crippen molar-refractivity contribution in [3.05, 3.63) is 71.2 Å². The van der Waals surface area contributed by atoms with Crippen LogP contribution in [0.25, 0.3) is 10.9 Å². The van der Waals surface area contributed by atoms with Gasteiger partial charge in [0.25, 0.3) is 0 Å². The number of benzene rings is 2. The number of aromatic amines is 1. The lowest BCUT2D eigenvalue weighted by Gasteiger charge is -2.27. The highest BCUT2D eigenvalue weighted by atomic mass is 127. The number of ether oxygens (including phenoxy) is 1. The van der Waals surface area contributed by atoms with Crippen LogP contribution in [0.4, 0.5) is 4.39 Å². The van der Waals surface area contributed by atoms with Crippen LogP contribution >= 0.6 is 24.0 Å². The molecule has 1 aromatic heterocycles. The third-order valence-corrected chi connectivity index (χ3v) is 5.70. The molecular formula is C24H31FIN5O. The summed E-state index contributed by atoms with van der Waals surface area (Å²) < 4.78 is 19.0. The number of rotatable bonds is 7. The average Bonchev–Trinajstić information content (AvgIpc) is 3.19. The van der Waals surface area contributed by atoms with Crippen molar-refractivity contribution >= 4 is 40.8 Å². The molecule has 4 rings (SSSR count). The predicted octanol–water partition coefficient (Wildman–Crippen LogP) is 3.66. The average molecular weight is 551 g/mol. The molecule has 0 radical (unpaired) electrons. The van der Waals surface area contributed by atoms with Gasteiger partial charge in [-0.15, -0.1) is 24.0 Å². The lowest BCUT2D eigenvalue weighted by atomic mass is 10.1. The summed E-state index contributed by atoms with van der Waals surface area (Å²) in [5.41, 5.74) is 4.64. The fraction of sp³-hybridized carbons (Fsp3) is 0.375. The van der Waals surface area contributed by atoms with Crippen LogP contribution in [0.2, 0.25) is 0 Å². The largest absolute Gasteiger partial charge is 0.379 e. The molecule has 6 nitrogen and oxygen atoms in total. The van der Waals surface area contributed by atoms with Crippen LogP contribution in [0.5, 0.6) is 0 Å². The van der Waals surface area contributed by atoms with Gasteiger partial charge < -0.3 is 20.4 Å². The Bertz CT molecular complexity index is 1030. The first kappa shape index (κ1) is 24.5. The number of fused-ring (bicyclic) bond motifs is 1. The molecule has 1 aliphatic rings. The molecule has 1 saturated heterocycles. The number of guanidine groups is 1. The molecular weight excluding hydrogens is 520 g/mol. The van der Waals surface area contributed by atoms with Crippen molar-refractivity contribution < 1.29 is 9.13 Å². The SMILES string of the molecule is CN=C(NCCc1c[nH]c2ccc(F)cc12)NCc1ccccc1CN1CCOCC1.I. The van der Waals surface area contributed by atoms with Gasteiger partial charge in [0, 0.05) is 56.9 Å². The smallest absolute Gasteiger partial charge is 0.191 e. The molecule has 3 N–H and O–H groups in total. The Hall–Kier alpha value is -2.17. The minimum atomic E-state index is -0.213. The van der Waals surface area contributed by atoms with Gasteiger partial charge in [0.1, 0.15) is 5.82 Å².